The van der Waals surface area contributed by atoms with Gasteiger partial charge in [-0.25, -0.2) is 4.98 Å². The van der Waals surface area contributed by atoms with Crippen molar-refractivity contribution in [3.8, 4) is 0 Å². The van der Waals surface area contributed by atoms with E-state index < -0.39 is 0 Å². The Balaban J connectivity index is 2.43. The Bertz CT molecular complexity index is 417. The number of hydrogen-bond donors (Lipinski definition) is 1. The summed E-state index contributed by atoms with van der Waals surface area (Å²) in [6.07, 6.45) is 5.04. The average molecular weight is 292 g/mol. The molecule has 1 rings (SSSR count). The van der Waals surface area contributed by atoms with Gasteiger partial charge in [0.15, 0.2) is 0 Å². The lowest BCUT2D eigenvalue weighted by Gasteiger charge is -2.18. The van der Waals surface area contributed by atoms with Crippen LogP contribution in [0.5, 0.6) is 0 Å². The zero-order valence-corrected chi connectivity index (χ0v) is 13.7. The van der Waals surface area contributed by atoms with Crippen LogP contribution in [-0.4, -0.2) is 56.6 Å². The van der Waals surface area contributed by atoms with Gasteiger partial charge in [0.1, 0.15) is 5.69 Å². The van der Waals surface area contributed by atoms with Crippen molar-refractivity contribution in [2.24, 2.45) is 0 Å². The van der Waals surface area contributed by atoms with Crippen molar-refractivity contribution < 1.29 is 4.79 Å². The smallest absolute Gasteiger partial charge is 0.269 e. The number of anilines is 1. The first-order chi connectivity index (χ1) is 10.0. The number of unbranched alkanes of at least 4 members (excludes halogenated alkanes) is 1. The number of rotatable bonds is 9. The first-order valence-corrected chi connectivity index (χ1v) is 7.64. The van der Waals surface area contributed by atoms with Gasteiger partial charge in [-0.3, -0.25) is 4.79 Å². The largest absolute Gasteiger partial charge is 0.373 e. The maximum absolute atomic E-state index is 11.9. The Labute approximate surface area is 128 Å². The number of aromatic nitrogens is 1. The molecule has 5 heteroatoms. The second kappa shape index (κ2) is 9.34. The molecule has 0 saturated carbocycles. The minimum Gasteiger partial charge on any atom is -0.373 e. The molecule has 0 aliphatic carbocycles. The predicted molar refractivity (Wildman–Crippen MR) is 87.9 cm³/mol. The van der Waals surface area contributed by atoms with Crippen LogP contribution in [0.2, 0.25) is 0 Å². The SMILES string of the molecule is CCCCN(C)c1ccc(C(=O)NCCCN(C)C)nc1. The molecule has 1 aromatic heterocycles. The van der Waals surface area contributed by atoms with Crippen molar-refractivity contribution in [2.75, 3.05) is 45.7 Å². The Morgan fingerprint density at radius 2 is 1.95 bits per heavy atom. The normalized spacial score (nSPS) is 10.7. The highest BCUT2D eigenvalue weighted by Gasteiger charge is 2.07. The fourth-order valence-corrected chi connectivity index (χ4v) is 1.96. The topological polar surface area (TPSA) is 48.5 Å². The summed E-state index contributed by atoms with van der Waals surface area (Å²) in [5, 5.41) is 2.90. The monoisotopic (exact) mass is 292 g/mol. The zero-order chi connectivity index (χ0) is 15.7. The zero-order valence-electron chi connectivity index (χ0n) is 13.7. The number of nitrogens with one attached hydrogen (secondary N) is 1. The summed E-state index contributed by atoms with van der Waals surface area (Å²) < 4.78 is 0. The number of pyridine rings is 1. The first-order valence-electron chi connectivity index (χ1n) is 7.64. The van der Waals surface area contributed by atoms with Crippen LogP contribution in [0.1, 0.15) is 36.7 Å². The van der Waals surface area contributed by atoms with Gasteiger partial charge < -0.3 is 15.1 Å². The quantitative estimate of drug-likeness (QED) is 0.707. The molecule has 0 fully saturated rings. The van der Waals surface area contributed by atoms with E-state index in [0.29, 0.717) is 12.2 Å². The first kappa shape index (κ1) is 17.4. The van der Waals surface area contributed by atoms with E-state index in [4.69, 9.17) is 0 Å². The van der Waals surface area contributed by atoms with Gasteiger partial charge in [-0.05, 0) is 45.6 Å². The van der Waals surface area contributed by atoms with E-state index >= 15 is 0 Å². The van der Waals surface area contributed by atoms with Gasteiger partial charge in [0, 0.05) is 20.1 Å². The van der Waals surface area contributed by atoms with Gasteiger partial charge in [0.05, 0.1) is 11.9 Å². The minimum atomic E-state index is -0.100. The van der Waals surface area contributed by atoms with Crippen molar-refractivity contribution in [1.29, 1.82) is 0 Å². The number of nitrogens with zero attached hydrogens (tertiary/aromatic N) is 3. The Hall–Kier alpha value is -1.62. The molecule has 0 aromatic carbocycles. The number of hydrogen-bond acceptors (Lipinski definition) is 4. The summed E-state index contributed by atoms with van der Waals surface area (Å²) >= 11 is 0. The highest BCUT2D eigenvalue weighted by atomic mass is 16.1. The second-order valence-electron chi connectivity index (χ2n) is 5.59. The molecule has 1 heterocycles. The fraction of sp³-hybridized carbons (Fsp3) is 0.625. The van der Waals surface area contributed by atoms with Crippen LogP contribution >= 0.6 is 0 Å². The molecule has 1 N–H and O–H groups in total. The fourth-order valence-electron chi connectivity index (χ4n) is 1.96. The summed E-state index contributed by atoms with van der Waals surface area (Å²) in [6, 6.07) is 3.75. The molecule has 0 aliphatic rings. The number of amides is 1. The van der Waals surface area contributed by atoms with E-state index in [-0.39, 0.29) is 5.91 Å². The van der Waals surface area contributed by atoms with E-state index in [1.165, 1.54) is 6.42 Å². The van der Waals surface area contributed by atoms with Gasteiger partial charge in [0.2, 0.25) is 0 Å². The predicted octanol–water partition coefficient (Wildman–Crippen LogP) is 2.00. The molecule has 1 amide bonds. The molecule has 0 aliphatic heterocycles. The number of carbonyl (C=O) groups excluding carboxylic acids is 1. The summed E-state index contributed by atoms with van der Waals surface area (Å²) in [4.78, 5) is 20.5. The highest BCUT2D eigenvalue weighted by Crippen LogP contribution is 2.12. The lowest BCUT2D eigenvalue weighted by atomic mass is 10.2. The Morgan fingerprint density at radius 3 is 2.52 bits per heavy atom. The second-order valence-corrected chi connectivity index (χ2v) is 5.59. The van der Waals surface area contributed by atoms with Gasteiger partial charge in [-0.15, -0.1) is 0 Å². The van der Waals surface area contributed by atoms with E-state index in [2.05, 4.69) is 27.0 Å². The summed E-state index contributed by atoms with van der Waals surface area (Å²) in [5.41, 5.74) is 1.53. The molecular formula is C16H28N4O. The van der Waals surface area contributed by atoms with Crippen LogP contribution in [0.15, 0.2) is 18.3 Å². The molecule has 118 valence electrons. The standard InChI is InChI=1S/C16H28N4O/c1-5-6-12-20(4)14-8-9-15(18-13-14)16(21)17-10-7-11-19(2)3/h8-9,13H,5-7,10-12H2,1-4H3,(H,17,21). The van der Waals surface area contributed by atoms with Crippen LogP contribution in [-0.2, 0) is 0 Å². The van der Waals surface area contributed by atoms with Crippen molar-refractivity contribution in [1.82, 2.24) is 15.2 Å². The van der Waals surface area contributed by atoms with Crippen LogP contribution in [0, 0.1) is 0 Å². The molecule has 0 bridgehead atoms. The average Bonchev–Trinajstić information content (AvgIpc) is 2.49. The minimum absolute atomic E-state index is 0.100. The van der Waals surface area contributed by atoms with Crippen molar-refractivity contribution in [2.45, 2.75) is 26.2 Å². The maximum Gasteiger partial charge on any atom is 0.269 e. The van der Waals surface area contributed by atoms with Crippen molar-refractivity contribution >= 4 is 11.6 Å². The molecular weight excluding hydrogens is 264 g/mol. The molecule has 0 spiro atoms. The molecule has 1 aromatic rings. The lowest BCUT2D eigenvalue weighted by molar-refractivity contribution is 0.0947. The number of carbonyl (C=O) groups is 1. The van der Waals surface area contributed by atoms with Gasteiger partial charge in [-0.1, -0.05) is 13.3 Å². The maximum atomic E-state index is 11.9. The van der Waals surface area contributed by atoms with Crippen molar-refractivity contribution in [3.05, 3.63) is 24.0 Å². The molecule has 0 atom stereocenters. The third-order valence-electron chi connectivity index (χ3n) is 3.34. The lowest BCUT2D eigenvalue weighted by Crippen LogP contribution is -2.28. The molecule has 0 radical (unpaired) electrons. The van der Waals surface area contributed by atoms with E-state index in [1.54, 1.807) is 12.3 Å². The highest BCUT2D eigenvalue weighted by molar-refractivity contribution is 5.92. The van der Waals surface area contributed by atoms with E-state index in [1.807, 2.05) is 27.2 Å². The summed E-state index contributed by atoms with van der Waals surface area (Å²) in [6.45, 7) is 4.83. The molecule has 5 nitrogen and oxygen atoms in total. The Morgan fingerprint density at radius 1 is 1.19 bits per heavy atom. The summed E-state index contributed by atoms with van der Waals surface area (Å²) in [7, 11) is 6.10. The van der Waals surface area contributed by atoms with Gasteiger partial charge in [-0.2, -0.15) is 0 Å². The molecule has 0 unspecified atom stereocenters. The van der Waals surface area contributed by atoms with E-state index in [9.17, 15) is 4.79 Å². The third kappa shape index (κ3) is 6.58. The third-order valence-corrected chi connectivity index (χ3v) is 3.34. The van der Waals surface area contributed by atoms with Gasteiger partial charge in [0.25, 0.3) is 5.91 Å². The van der Waals surface area contributed by atoms with Crippen LogP contribution in [0.4, 0.5) is 5.69 Å². The molecule has 21 heavy (non-hydrogen) atoms. The van der Waals surface area contributed by atoms with Crippen LogP contribution in [0.25, 0.3) is 0 Å². The van der Waals surface area contributed by atoms with E-state index in [0.717, 1.165) is 31.6 Å². The summed E-state index contributed by atoms with van der Waals surface area (Å²) in [5.74, 6) is -0.100. The van der Waals surface area contributed by atoms with Crippen molar-refractivity contribution in [3.63, 3.8) is 0 Å². The van der Waals surface area contributed by atoms with Crippen LogP contribution in [0.3, 0.4) is 0 Å². The van der Waals surface area contributed by atoms with Crippen LogP contribution < -0.4 is 10.2 Å². The van der Waals surface area contributed by atoms with Gasteiger partial charge >= 0.3 is 0 Å². The molecule has 0 saturated heterocycles. The Kier molecular flexibility index (Phi) is 7.75.